The van der Waals surface area contributed by atoms with E-state index < -0.39 is 54.2 Å². The van der Waals surface area contributed by atoms with Gasteiger partial charge in [-0.05, 0) is 45.4 Å². The topological polar surface area (TPSA) is 105 Å². The Labute approximate surface area is 175 Å². The van der Waals surface area contributed by atoms with Crippen LogP contribution in [-0.4, -0.2) is 48.3 Å². The second-order valence-electron chi connectivity index (χ2n) is 8.99. The third-order valence-electron chi connectivity index (χ3n) is 7.23. The molecule has 164 valence electrons. The van der Waals surface area contributed by atoms with Crippen LogP contribution < -0.4 is 0 Å². The van der Waals surface area contributed by atoms with Gasteiger partial charge in [0, 0.05) is 17.4 Å². The summed E-state index contributed by atoms with van der Waals surface area (Å²) in [6, 6.07) is 0. The SMILES string of the molecule is C=C(C)C(=O)OCC(=O)OC1C2CC3C1OC(=O)C3C2C(=O)OC1(CC)CCCC1. The summed E-state index contributed by atoms with van der Waals surface area (Å²) in [6.45, 7) is 6.38. The van der Waals surface area contributed by atoms with Gasteiger partial charge in [-0.1, -0.05) is 13.5 Å². The summed E-state index contributed by atoms with van der Waals surface area (Å²) < 4.78 is 21.8. The van der Waals surface area contributed by atoms with Gasteiger partial charge in [-0.15, -0.1) is 0 Å². The number of carbonyl (C=O) groups is 4. The Morgan fingerprint density at radius 3 is 2.53 bits per heavy atom. The Hall–Kier alpha value is -2.38. The van der Waals surface area contributed by atoms with Crippen LogP contribution in [0.3, 0.4) is 0 Å². The fourth-order valence-corrected chi connectivity index (χ4v) is 5.73. The largest absolute Gasteiger partial charge is 0.459 e. The van der Waals surface area contributed by atoms with Gasteiger partial charge in [0.2, 0.25) is 0 Å². The van der Waals surface area contributed by atoms with Crippen molar-refractivity contribution in [3.8, 4) is 0 Å². The van der Waals surface area contributed by atoms with E-state index in [-0.39, 0.29) is 23.4 Å². The van der Waals surface area contributed by atoms with Crippen LogP contribution in [0.1, 0.15) is 52.4 Å². The fraction of sp³-hybridized carbons (Fsp3) is 0.727. The predicted octanol–water partition coefficient (Wildman–Crippen LogP) is 2.09. The Bertz CT molecular complexity index is 780. The van der Waals surface area contributed by atoms with Gasteiger partial charge in [0.15, 0.2) is 6.61 Å². The van der Waals surface area contributed by atoms with Crippen molar-refractivity contribution in [1.29, 1.82) is 0 Å². The Kier molecular flexibility index (Phi) is 5.36. The second kappa shape index (κ2) is 7.71. The predicted molar refractivity (Wildman–Crippen MR) is 102 cm³/mol. The van der Waals surface area contributed by atoms with Crippen molar-refractivity contribution in [2.75, 3.05) is 6.61 Å². The number of fused-ring (bicyclic) bond motifs is 1. The maximum absolute atomic E-state index is 13.2. The summed E-state index contributed by atoms with van der Waals surface area (Å²) in [5, 5.41) is 0. The quantitative estimate of drug-likeness (QED) is 0.350. The highest BCUT2D eigenvalue weighted by Gasteiger charge is 2.70. The molecule has 3 aliphatic carbocycles. The van der Waals surface area contributed by atoms with Crippen LogP contribution in [0, 0.1) is 23.7 Å². The second-order valence-corrected chi connectivity index (χ2v) is 8.99. The maximum Gasteiger partial charge on any atom is 0.344 e. The van der Waals surface area contributed by atoms with Crippen molar-refractivity contribution in [1.82, 2.24) is 0 Å². The van der Waals surface area contributed by atoms with Crippen LogP contribution in [0.5, 0.6) is 0 Å². The molecule has 0 aromatic carbocycles. The Balaban J connectivity index is 1.45. The molecule has 0 N–H and O–H groups in total. The summed E-state index contributed by atoms with van der Waals surface area (Å²) >= 11 is 0. The highest BCUT2D eigenvalue weighted by molar-refractivity contribution is 5.89. The minimum absolute atomic E-state index is 0.156. The van der Waals surface area contributed by atoms with Crippen LogP contribution in [0.15, 0.2) is 12.2 Å². The maximum atomic E-state index is 13.2. The molecular weight excluding hydrogens is 392 g/mol. The molecule has 30 heavy (non-hydrogen) atoms. The van der Waals surface area contributed by atoms with Gasteiger partial charge in [-0.2, -0.15) is 0 Å². The highest BCUT2D eigenvalue weighted by Crippen LogP contribution is 2.59. The fourth-order valence-electron chi connectivity index (χ4n) is 5.73. The lowest BCUT2D eigenvalue weighted by Gasteiger charge is -2.34. The zero-order valence-corrected chi connectivity index (χ0v) is 17.4. The van der Waals surface area contributed by atoms with Crippen LogP contribution in [0.4, 0.5) is 0 Å². The number of hydrogen-bond donors (Lipinski definition) is 0. The van der Waals surface area contributed by atoms with E-state index >= 15 is 0 Å². The molecule has 0 radical (unpaired) electrons. The van der Waals surface area contributed by atoms with Crippen molar-refractivity contribution in [2.24, 2.45) is 23.7 Å². The van der Waals surface area contributed by atoms with Crippen molar-refractivity contribution >= 4 is 23.9 Å². The lowest BCUT2D eigenvalue weighted by molar-refractivity contribution is -0.177. The van der Waals surface area contributed by atoms with E-state index in [0.717, 1.165) is 32.1 Å². The smallest absolute Gasteiger partial charge is 0.344 e. The van der Waals surface area contributed by atoms with Crippen molar-refractivity contribution < 1.29 is 38.1 Å². The third-order valence-corrected chi connectivity index (χ3v) is 7.23. The normalized spacial score (nSPS) is 35.1. The van der Waals surface area contributed by atoms with Crippen LogP contribution in [-0.2, 0) is 38.1 Å². The minimum atomic E-state index is -0.741. The first-order valence-corrected chi connectivity index (χ1v) is 10.7. The molecule has 0 aromatic heterocycles. The van der Waals surface area contributed by atoms with Gasteiger partial charge < -0.3 is 18.9 Å². The van der Waals surface area contributed by atoms with E-state index in [0.29, 0.717) is 6.42 Å². The summed E-state index contributed by atoms with van der Waals surface area (Å²) in [6.07, 6.45) is 3.74. The lowest BCUT2D eigenvalue weighted by Crippen LogP contribution is -2.46. The van der Waals surface area contributed by atoms with E-state index in [1.165, 1.54) is 6.92 Å². The van der Waals surface area contributed by atoms with Gasteiger partial charge >= 0.3 is 23.9 Å². The first-order chi connectivity index (χ1) is 14.3. The van der Waals surface area contributed by atoms with Crippen molar-refractivity contribution in [3.05, 3.63) is 12.2 Å². The third kappa shape index (κ3) is 3.40. The molecule has 6 unspecified atom stereocenters. The van der Waals surface area contributed by atoms with Crippen molar-refractivity contribution in [3.63, 3.8) is 0 Å². The van der Waals surface area contributed by atoms with E-state index in [2.05, 4.69) is 6.58 Å². The summed E-state index contributed by atoms with van der Waals surface area (Å²) in [5.74, 6) is -3.91. The molecule has 3 saturated carbocycles. The highest BCUT2D eigenvalue weighted by atomic mass is 16.6. The van der Waals surface area contributed by atoms with Crippen LogP contribution >= 0.6 is 0 Å². The minimum Gasteiger partial charge on any atom is -0.459 e. The molecule has 8 heteroatoms. The van der Waals surface area contributed by atoms with Gasteiger partial charge in [0.25, 0.3) is 0 Å². The number of hydrogen-bond acceptors (Lipinski definition) is 8. The average molecular weight is 420 g/mol. The van der Waals surface area contributed by atoms with E-state index in [1.807, 2.05) is 6.92 Å². The van der Waals surface area contributed by atoms with E-state index in [9.17, 15) is 19.2 Å². The first kappa shape index (κ1) is 20.9. The molecule has 1 heterocycles. The molecular formula is C22H28O8. The average Bonchev–Trinajstić information content (AvgIpc) is 3.44. The summed E-state index contributed by atoms with van der Waals surface area (Å²) in [7, 11) is 0. The van der Waals surface area contributed by atoms with Crippen LogP contribution in [0.2, 0.25) is 0 Å². The summed E-state index contributed by atoms with van der Waals surface area (Å²) in [4.78, 5) is 49.3. The van der Waals surface area contributed by atoms with Gasteiger partial charge in [-0.25, -0.2) is 9.59 Å². The molecule has 0 spiro atoms. The number of esters is 4. The molecule has 2 bridgehead atoms. The molecule has 1 aliphatic heterocycles. The molecule has 4 rings (SSSR count). The molecule has 4 fully saturated rings. The standard InChI is InChI=1S/C22H28O8/c1-4-22(7-5-6-8-22)30-21(26)16-13-9-12-15(16)20(25)29-18(12)17(13)28-14(23)10-27-19(24)11(2)3/h12-13,15-18H,2,4-10H2,1,3H3. The first-order valence-electron chi connectivity index (χ1n) is 10.7. The number of carbonyl (C=O) groups excluding carboxylic acids is 4. The molecule has 0 aromatic rings. The molecule has 0 amide bonds. The van der Waals surface area contributed by atoms with E-state index in [4.69, 9.17) is 18.9 Å². The molecule has 6 atom stereocenters. The Morgan fingerprint density at radius 1 is 1.20 bits per heavy atom. The van der Waals surface area contributed by atoms with E-state index in [1.54, 1.807) is 0 Å². The van der Waals surface area contributed by atoms with Crippen LogP contribution in [0.25, 0.3) is 0 Å². The van der Waals surface area contributed by atoms with Gasteiger partial charge in [-0.3, -0.25) is 9.59 Å². The number of rotatable bonds is 7. The molecule has 4 aliphatic rings. The molecule has 1 saturated heterocycles. The van der Waals surface area contributed by atoms with Gasteiger partial charge in [0.05, 0.1) is 11.8 Å². The zero-order valence-electron chi connectivity index (χ0n) is 17.4. The van der Waals surface area contributed by atoms with Gasteiger partial charge in [0.1, 0.15) is 17.8 Å². The monoisotopic (exact) mass is 420 g/mol. The van der Waals surface area contributed by atoms with Crippen molar-refractivity contribution in [2.45, 2.75) is 70.2 Å². The molecule has 8 nitrogen and oxygen atoms in total. The zero-order chi connectivity index (χ0) is 21.6. The number of ether oxygens (including phenoxy) is 4. The Morgan fingerprint density at radius 2 is 1.90 bits per heavy atom. The summed E-state index contributed by atoms with van der Waals surface area (Å²) in [5.41, 5.74) is -0.279. The lowest BCUT2D eigenvalue weighted by atomic mass is 9.78.